The lowest BCUT2D eigenvalue weighted by Crippen LogP contribution is -2.46. The fourth-order valence-corrected chi connectivity index (χ4v) is 3.31. The monoisotopic (exact) mass is 307 g/mol. The number of likely N-dealkylation sites (tertiary alicyclic amines) is 1. The third kappa shape index (κ3) is 6.18. The minimum Gasteiger partial charge on any atom is -0.337 e. The number of piperidine rings is 1. The number of imide groups is 1. The Kier molecular flexibility index (Phi) is 6.90. The van der Waals surface area contributed by atoms with E-state index in [1.54, 1.807) is 0 Å². The van der Waals surface area contributed by atoms with Crippen LogP contribution < -0.4 is 10.6 Å². The van der Waals surface area contributed by atoms with Crippen LogP contribution in [-0.4, -0.2) is 43.0 Å². The van der Waals surface area contributed by atoms with Crippen LogP contribution in [0, 0.1) is 5.92 Å². The largest absolute Gasteiger partial charge is 0.337 e. The molecule has 1 aliphatic carbocycles. The summed E-state index contributed by atoms with van der Waals surface area (Å²) in [6.07, 6.45) is 10.4. The molecule has 1 fully saturated rings. The fraction of sp³-hybridized carbons (Fsp3) is 0.765. The minimum absolute atomic E-state index is 0.205. The second-order valence-electron chi connectivity index (χ2n) is 6.64. The van der Waals surface area contributed by atoms with Crippen LogP contribution in [0.2, 0.25) is 0 Å². The fourth-order valence-electron chi connectivity index (χ4n) is 3.31. The van der Waals surface area contributed by atoms with E-state index in [1.165, 1.54) is 24.8 Å². The minimum atomic E-state index is -0.369. The first-order chi connectivity index (χ1) is 10.6. The number of carbonyl (C=O) groups is 2. The van der Waals surface area contributed by atoms with Gasteiger partial charge in [-0.05, 0) is 57.4 Å². The molecule has 2 N–H and O–H groups in total. The van der Waals surface area contributed by atoms with Gasteiger partial charge in [-0.25, -0.2) is 4.79 Å². The number of amides is 3. The van der Waals surface area contributed by atoms with Gasteiger partial charge >= 0.3 is 6.03 Å². The van der Waals surface area contributed by atoms with Crippen molar-refractivity contribution in [2.24, 2.45) is 5.92 Å². The first-order valence-electron chi connectivity index (χ1n) is 8.61. The number of nitrogens with zero attached hydrogens (tertiary/aromatic N) is 1. The number of rotatable bonds is 5. The highest BCUT2D eigenvalue weighted by molar-refractivity contribution is 5.95. The predicted molar refractivity (Wildman–Crippen MR) is 87.5 cm³/mol. The summed E-state index contributed by atoms with van der Waals surface area (Å²) < 4.78 is 0. The highest BCUT2D eigenvalue weighted by atomic mass is 16.2. The van der Waals surface area contributed by atoms with Crippen LogP contribution in [-0.2, 0) is 4.79 Å². The van der Waals surface area contributed by atoms with E-state index in [0.29, 0.717) is 19.0 Å². The molecule has 5 nitrogen and oxygen atoms in total. The summed E-state index contributed by atoms with van der Waals surface area (Å²) in [7, 11) is 0. The topological polar surface area (TPSA) is 61.4 Å². The van der Waals surface area contributed by atoms with Crippen molar-refractivity contribution in [3.05, 3.63) is 11.6 Å². The van der Waals surface area contributed by atoms with Crippen molar-refractivity contribution in [3.63, 3.8) is 0 Å². The van der Waals surface area contributed by atoms with E-state index in [2.05, 4.69) is 28.5 Å². The molecule has 2 aliphatic rings. The molecule has 22 heavy (non-hydrogen) atoms. The van der Waals surface area contributed by atoms with E-state index >= 15 is 0 Å². The molecule has 0 spiro atoms. The van der Waals surface area contributed by atoms with Crippen LogP contribution >= 0.6 is 0 Å². The maximum Gasteiger partial charge on any atom is 0.321 e. The van der Waals surface area contributed by atoms with Gasteiger partial charge in [0.15, 0.2) is 0 Å². The first-order valence-corrected chi connectivity index (χ1v) is 8.61. The molecule has 2 rings (SSSR count). The average Bonchev–Trinajstić information content (AvgIpc) is 2.48. The van der Waals surface area contributed by atoms with E-state index in [1.807, 2.05) is 0 Å². The Morgan fingerprint density at radius 1 is 1.32 bits per heavy atom. The van der Waals surface area contributed by atoms with Crippen molar-refractivity contribution < 1.29 is 9.59 Å². The highest BCUT2D eigenvalue weighted by Crippen LogP contribution is 2.19. The van der Waals surface area contributed by atoms with Gasteiger partial charge < -0.3 is 5.32 Å². The molecule has 0 aromatic carbocycles. The maximum atomic E-state index is 11.9. The molecule has 0 radical (unpaired) electrons. The lowest BCUT2D eigenvalue weighted by molar-refractivity contribution is -0.121. The number of nitrogens with one attached hydrogen (secondary N) is 2. The smallest absolute Gasteiger partial charge is 0.321 e. The van der Waals surface area contributed by atoms with Crippen molar-refractivity contribution in [1.29, 1.82) is 0 Å². The number of hydrogen-bond donors (Lipinski definition) is 2. The first kappa shape index (κ1) is 17.0. The van der Waals surface area contributed by atoms with Crippen molar-refractivity contribution in [3.8, 4) is 0 Å². The Hall–Kier alpha value is -1.36. The van der Waals surface area contributed by atoms with Crippen molar-refractivity contribution in [1.82, 2.24) is 15.5 Å². The Morgan fingerprint density at radius 2 is 2.18 bits per heavy atom. The summed E-state index contributed by atoms with van der Waals surface area (Å²) in [5.74, 6) is 0.433. The third-order valence-electron chi connectivity index (χ3n) is 4.48. The van der Waals surface area contributed by atoms with Crippen LogP contribution in [0.3, 0.4) is 0 Å². The van der Waals surface area contributed by atoms with Gasteiger partial charge in [-0.2, -0.15) is 0 Å². The van der Waals surface area contributed by atoms with Crippen LogP contribution in [0.5, 0.6) is 0 Å². The molecular formula is C17H29N3O2. The Bertz CT molecular complexity index is 420. The lowest BCUT2D eigenvalue weighted by atomic mass is 9.97. The van der Waals surface area contributed by atoms with Gasteiger partial charge in [0.1, 0.15) is 0 Å². The Morgan fingerprint density at radius 3 is 2.91 bits per heavy atom. The Labute approximate surface area is 133 Å². The van der Waals surface area contributed by atoms with Gasteiger partial charge in [0.2, 0.25) is 5.91 Å². The lowest BCUT2D eigenvalue weighted by Gasteiger charge is -2.29. The molecule has 1 aliphatic heterocycles. The molecule has 0 bridgehead atoms. The summed E-state index contributed by atoms with van der Waals surface area (Å²) in [6.45, 7) is 5.03. The van der Waals surface area contributed by atoms with Crippen LogP contribution in [0.4, 0.5) is 4.79 Å². The van der Waals surface area contributed by atoms with Gasteiger partial charge in [0.05, 0.1) is 6.54 Å². The summed E-state index contributed by atoms with van der Waals surface area (Å²) in [6, 6.07) is -0.369. The number of urea groups is 1. The van der Waals surface area contributed by atoms with Crippen LogP contribution in [0.25, 0.3) is 0 Å². The molecule has 1 saturated heterocycles. The molecule has 1 atom stereocenters. The van der Waals surface area contributed by atoms with Gasteiger partial charge in [-0.1, -0.05) is 18.6 Å². The molecule has 5 heteroatoms. The second-order valence-corrected chi connectivity index (χ2v) is 6.64. The van der Waals surface area contributed by atoms with E-state index in [9.17, 15) is 9.59 Å². The number of carbonyl (C=O) groups excluding carboxylic acids is 2. The van der Waals surface area contributed by atoms with E-state index in [-0.39, 0.29) is 11.9 Å². The SMILES string of the molecule is C[C@H]1CCCN(CC(=O)NC(=O)NCCC2=CCCCC2)C1. The number of hydrogen-bond acceptors (Lipinski definition) is 3. The van der Waals surface area contributed by atoms with Crippen molar-refractivity contribution in [2.75, 3.05) is 26.2 Å². The van der Waals surface area contributed by atoms with E-state index < -0.39 is 0 Å². The summed E-state index contributed by atoms with van der Waals surface area (Å²) in [4.78, 5) is 25.7. The van der Waals surface area contributed by atoms with Crippen molar-refractivity contribution in [2.45, 2.75) is 51.9 Å². The quantitative estimate of drug-likeness (QED) is 0.767. The van der Waals surface area contributed by atoms with Crippen molar-refractivity contribution >= 4 is 11.9 Å². The molecule has 0 aromatic heterocycles. The molecule has 0 unspecified atom stereocenters. The van der Waals surface area contributed by atoms with Gasteiger partial charge in [0, 0.05) is 13.1 Å². The molecule has 1 heterocycles. The third-order valence-corrected chi connectivity index (χ3v) is 4.48. The highest BCUT2D eigenvalue weighted by Gasteiger charge is 2.19. The molecule has 124 valence electrons. The average molecular weight is 307 g/mol. The standard InChI is InChI=1S/C17H29N3O2/c1-14-6-5-11-20(12-14)13-16(21)19-17(22)18-10-9-15-7-3-2-4-8-15/h7,14H,2-6,8-13H2,1H3,(H2,18,19,21,22)/t14-/m0/s1. The predicted octanol–water partition coefficient (Wildman–Crippen LogP) is 2.43. The zero-order valence-electron chi connectivity index (χ0n) is 13.7. The summed E-state index contributed by atoms with van der Waals surface area (Å²) in [5, 5.41) is 5.21. The van der Waals surface area contributed by atoms with Crippen LogP contribution in [0.1, 0.15) is 51.9 Å². The van der Waals surface area contributed by atoms with E-state index in [4.69, 9.17) is 0 Å². The van der Waals surface area contributed by atoms with Crippen LogP contribution in [0.15, 0.2) is 11.6 Å². The molecule has 3 amide bonds. The molecule has 0 aromatic rings. The summed E-state index contributed by atoms with van der Waals surface area (Å²) >= 11 is 0. The zero-order chi connectivity index (χ0) is 15.8. The normalized spacial score (nSPS) is 22.8. The van der Waals surface area contributed by atoms with Gasteiger partial charge in [-0.15, -0.1) is 0 Å². The maximum absolute atomic E-state index is 11.9. The van der Waals surface area contributed by atoms with Gasteiger partial charge in [0.25, 0.3) is 0 Å². The Balaban J connectivity index is 1.59. The van der Waals surface area contributed by atoms with Gasteiger partial charge in [-0.3, -0.25) is 15.0 Å². The second kappa shape index (κ2) is 8.93. The summed E-state index contributed by atoms with van der Waals surface area (Å²) in [5.41, 5.74) is 1.43. The molecule has 0 saturated carbocycles. The zero-order valence-corrected chi connectivity index (χ0v) is 13.7. The number of allylic oxidation sites excluding steroid dienone is 1. The van der Waals surface area contributed by atoms with E-state index in [0.717, 1.165) is 38.8 Å². The molecular weight excluding hydrogens is 278 g/mol.